The Morgan fingerprint density at radius 1 is 1.17 bits per heavy atom. The molecule has 0 atom stereocenters. The van der Waals surface area contributed by atoms with Gasteiger partial charge >= 0.3 is 6.09 Å². The van der Waals surface area contributed by atoms with E-state index in [0.29, 0.717) is 12.3 Å². The Labute approximate surface area is 140 Å². The van der Waals surface area contributed by atoms with E-state index in [2.05, 4.69) is 4.90 Å². The van der Waals surface area contributed by atoms with Gasteiger partial charge in [0.05, 0.1) is 12.1 Å². The van der Waals surface area contributed by atoms with Crippen LogP contribution in [0, 0.1) is 0 Å². The maximum absolute atomic E-state index is 12.6. The Balaban J connectivity index is 1.52. The van der Waals surface area contributed by atoms with Crippen molar-refractivity contribution in [3.05, 3.63) is 30.5 Å². The van der Waals surface area contributed by atoms with Gasteiger partial charge in [-0.15, -0.1) is 0 Å². The molecule has 0 N–H and O–H groups in total. The van der Waals surface area contributed by atoms with E-state index < -0.39 is 6.67 Å². The fourth-order valence-electron chi connectivity index (χ4n) is 3.80. The molecule has 24 heavy (non-hydrogen) atoms. The SMILES string of the molecule is O=C(Oc1ccc2ccn(CCF)c2c1)N1CCN2CCC1CC2. The van der Waals surface area contributed by atoms with Gasteiger partial charge in [0.25, 0.3) is 0 Å². The van der Waals surface area contributed by atoms with Crippen LogP contribution in [0.3, 0.4) is 0 Å². The van der Waals surface area contributed by atoms with Gasteiger partial charge in [0.15, 0.2) is 0 Å². The lowest BCUT2D eigenvalue weighted by atomic mass is 10.1. The van der Waals surface area contributed by atoms with E-state index in [1.54, 1.807) is 6.07 Å². The first-order valence-corrected chi connectivity index (χ1v) is 8.60. The minimum absolute atomic E-state index is 0.272. The van der Waals surface area contributed by atoms with Gasteiger partial charge in [0.2, 0.25) is 0 Å². The number of amides is 1. The molecule has 0 spiro atoms. The van der Waals surface area contributed by atoms with Crippen molar-refractivity contribution in [2.75, 3.05) is 32.9 Å². The van der Waals surface area contributed by atoms with Gasteiger partial charge in [-0.25, -0.2) is 9.18 Å². The number of rotatable bonds is 3. The molecule has 1 aromatic heterocycles. The predicted octanol–water partition coefficient (Wildman–Crippen LogP) is 2.89. The fourth-order valence-corrected chi connectivity index (χ4v) is 3.80. The first kappa shape index (κ1) is 15.4. The minimum atomic E-state index is -0.417. The molecule has 0 saturated carbocycles. The largest absolute Gasteiger partial charge is 0.415 e. The lowest BCUT2D eigenvalue weighted by molar-refractivity contribution is 0.131. The summed E-state index contributed by atoms with van der Waals surface area (Å²) in [6, 6.07) is 7.76. The zero-order chi connectivity index (χ0) is 16.5. The molecular weight excluding hydrogens is 309 g/mol. The Hall–Kier alpha value is -2.08. The highest BCUT2D eigenvalue weighted by molar-refractivity contribution is 5.82. The molecule has 1 amide bonds. The number of carbonyl (C=O) groups excluding carboxylic acids is 1. The lowest BCUT2D eigenvalue weighted by Crippen LogP contribution is -2.43. The fraction of sp³-hybridized carbons (Fsp3) is 0.500. The second kappa shape index (κ2) is 6.43. The molecule has 3 saturated heterocycles. The topological polar surface area (TPSA) is 37.7 Å². The zero-order valence-corrected chi connectivity index (χ0v) is 13.7. The van der Waals surface area contributed by atoms with Gasteiger partial charge in [-0.2, -0.15) is 0 Å². The molecule has 2 bridgehead atoms. The Kier molecular flexibility index (Phi) is 4.14. The smallest absolute Gasteiger partial charge is 0.410 e. The first-order chi connectivity index (χ1) is 11.7. The summed E-state index contributed by atoms with van der Waals surface area (Å²) >= 11 is 0. The summed E-state index contributed by atoms with van der Waals surface area (Å²) < 4.78 is 20.1. The highest BCUT2D eigenvalue weighted by Crippen LogP contribution is 2.25. The van der Waals surface area contributed by atoms with Crippen molar-refractivity contribution in [2.24, 2.45) is 0 Å². The molecule has 0 radical (unpaired) electrons. The molecule has 1 aromatic carbocycles. The van der Waals surface area contributed by atoms with Crippen LogP contribution in [-0.2, 0) is 6.54 Å². The molecule has 4 heterocycles. The number of ether oxygens (including phenoxy) is 1. The maximum atomic E-state index is 12.6. The van der Waals surface area contributed by atoms with E-state index in [-0.39, 0.29) is 12.1 Å². The van der Waals surface area contributed by atoms with Crippen LogP contribution in [0.4, 0.5) is 9.18 Å². The number of aromatic nitrogens is 1. The van der Waals surface area contributed by atoms with Crippen molar-refractivity contribution in [1.82, 2.24) is 14.4 Å². The van der Waals surface area contributed by atoms with Gasteiger partial charge in [-0.05, 0) is 36.4 Å². The van der Waals surface area contributed by atoms with Crippen molar-refractivity contribution < 1.29 is 13.9 Å². The average Bonchev–Trinajstić information content (AvgIpc) is 2.77. The van der Waals surface area contributed by atoms with E-state index in [1.165, 1.54) is 0 Å². The molecule has 2 aromatic rings. The van der Waals surface area contributed by atoms with Gasteiger partial charge in [-0.3, -0.25) is 0 Å². The highest BCUT2D eigenvalue weighted by Gasteiger charge is 2.32. The van der Waals surface area contributed by atoms with Crippen LogP contribution in [0.15, 0.2) is 30.5 Å². The maximum Gasteiger partial charge on any atom is 0.415 e. The first-order valence-electron chi connectivity index (χ1n) is 8.60. The zero-order valence-electron chi connectivity index (χ0n) is 13.7. The Bertz CT molecular complexity index is 737. The second-order valence-electron chi connectivity index (χ2n) is 6.55. The number of aryl methyl sites for hydroxylation is 1. The lowest BCUT2D eigenvalue weighted by Gasteiger charge is -2.30. The number of alkyl halides is 1. The summed E-state index contributed by atoms with van der Waals surface area (Å²) in [6.45, 7) is 3.67. The van der Waals surface area contributed by atoms with Gasteiger partial charge in [0.1, 0.15) is 12.4 Å². The molecule has 0 unspecified atom stereocenters. The van der Waals surface area contributed by atoms with E-state index in [1.807, 2.05) is 33.9 Å². The number of hydrogen-bond donors (Lipinski definition) is 0. The highest BCUT2D eigenvalue weighted by atomic mass is 19.1. The van der Waals surface area contributed by atoms with E-state index in [9.17, 15) is 9.18 Å². The van der Waals surface area contributed by atoms with Crippen molar-refractivity contribution in [2.45, 2.75) is 25.4 Å². The number of piperidine rings is 1. The summed E-state index contributed by atoms with van der Waals surface area (Å²) in [7, 11) is 0. The van der Waals surface area contributed by atoms with Crippen LogP contribution in [0.25, 0.3) is 10.9 Å². The normalized spacial score (nSPS) is 23.5. The molecule has 0 aliphatic carbocycles. The Morgan fingerprint density at radius 2 is 2.00 bits per heavy atom. The van der Waals surface area contributed by atoms with Crippen LogP contribution in [-0.4, -0.2) is 59.4 Å². The van der Waals surface area contributed by atoms with Crippen LogP contribution in [0.5, 0.6) is 5.75 Å². The van der Waals surface area contributed by atoms with E-state index in [4.69, 9.17) is 4.74 Å². The van der Waals surface area contributed by atoms with Gasteiger partial charge in [0, 0.05) is 44.5 Å². The number of hydrogen-bond acceptors (Lipinski definition) is 3. The van der Waals surface area contributed by atoms with Gasteiger partial charge in [-0.1, -0.05) is 0 Å². The standard InChI is InChI=1S/C18H22FN3O2/c19-6-10-21-9-3-14-1-2-16(13-17(14)21)24-18(23)22-12-11-20-7-4-15(22)5-8-20/h1-3,9,13,15H,4-8,10-12H2. The van der Waals surface area contributed by atoms with Crippen molar-refractivity contribution in [3.8, 4) is 5.75 Å². The molecule has 6 heteroatoms. The molecule has 3 aliphatic rings. The van der Waals surface area contributed by atoms with Gasteiger partial charge < -0.3 is 19.1 Å². The molecule has 5 nitrogen and oxygen atoms in total. The molecule has 128 valence electrons. The summed E-state index contributed by atoms with van der Waals surface area (Å²) in [6.07, 6.45) is 3.63. The Morgan fingerprint density at radius 3 is 2.79 bits per heavy atom. The van der Waals surface area contributed by atoms with Crippen molar-refractivity contribution >= 4 is 17.0 Å². The summed E-state index contributed by atoms with van der Waals surface area (Å²) in [5, 5.41) is 1.02. The molecule has 3 fully saturated rings. The quantitative estimate of drug-likeness (QED) is 0.868. The summed E-state index contributed by atoms with van der Waals surface area (Å²) in [5.74, 6) is 0.519. The molecular formula is C18H22FN3O2. The van der Waals surface area contributed by atoms with Crippen LogP contribution >= 0.6 is 0 Å². The predicted molar refractivity (Wildman–Crippen MR) is 90.1 cm³/mol. The van der Waals surface area contributed by atoms with Crippen molar-refractivity contribution in [1.29, 1.82) is 0 Å². The third-order valence-electron chi connectivity index (χ3n) is 5.17. The number of fused-ring (bicyclic) bond motifs is 5. The number of nitrogens with zero attached hydrogens (tertiary/aromatic N) is 3. The third kappa shape index (κ3) is 2.86. The second-order valence-corrected chi connectivity index (χ2v) is 6.55. The number of halogens is 1. The summed E-state index contributed by atoms with van der Waals surface area (Å²) in [5.41, 5.74) is 0.890. The van der Waals surface area contributed by atoms with Crippen LogP contribution in [0.1, 0.15) is 12.8 Å². The average molecular weight is 331 g/mol. The number of benzene rings is 1. The van der Waals surface area contributed by atoms with E-state index in [0.717, 1.165) is 49.9 Å². The van der Waals surface area contributed by atoms with E-state index >= 15 is 0 Å². The summed E-state index contributed by atoms with van der Waals surface area (Å²) in [4.78, 5) is 16.9. The molecule has 3 aliphatic heterocycles. The van der Waals surface area contributed by atoms with Crippen LogP contribution < -0.4 is 4.74 Å². The third-order valence-corrected chi connectivity index (χ3v) is 5.17. The van der Waals surface area contributed by atoms with Crippen LogP contribution in [0.2, 0.25) is 0 Å². The minimum Gasteiger partial charge on any atom is -0.410 e. The van der Waals surface area contributed by atoms with Crippen molar-refractivity contribution in [3.63, 3.8) is 0 Å². The number of carbonyl (C=O) groups is 1. The molecule has 5 rings (SSSR count). The monoisotopic (exact) mass is 331 g/mol.